The van der Waals surface area contributed by atoms with Gasteiger partial charge < -0.3 is 18.0 Å². The summed E-state index contributed by atoms with van der Waals surface area (Å²) in [5.41, 5.74) is 1.79. The first-order chi connectivity index (χ1) is 16.2. The van der Waals surface area contributed by atoms with Crippen molar-refractivity contribution in [1.82, 2.24) is 15.2 Å². The van der Waals surface area contributed by atoms with Crippen molar-refractivity contribution < 1.29 is 22.8 Å². The van der Waals surface area contributed by atoms with Crippen molar-refractivity contribution in [2.75, 3.05) is 5.75 Å². The van der Waals surface area contributed by atoms with Crippen LogP contribution in [0.2, 0.25) is 0 Å². The Morgan fingerprint density at radius 1 is 1.15 bits per heavy atom. The maximum absolute atomic E-state index is 13.0. The summed E-state index contributed by atoms with van der Waals surface area (Å²) in [5, 5.41) is 14.2. The number of hydrazone groups is 1. The van der Waals surface area contributed by atoms with Crippen molar-refractivity contribution in [2.45, 2.75) is 31.2 Å². The molecule has 1 aliphatic heterocycles. The second-order valence-corrected chi connectivity index (χ2v) is 8.28. The molecule has 0 saturated heterocycles. The standard InChI is InChI=1S/C23H20N4O5S/c1-15-5-2-6-16(11-15)31-13-21-24-25-23(32-21)33-14-22(28)27-18(20-8-4-10-30-20)12-17(26-27)19-7-3-9-29-19/h2-11,18H,12-14H2,1H3. The van der Waals surface area contributed by atoms with Crippen LogP contribution in [0.25, 0.3) is 0 Å². The molecule has 0 aliphatic carbocycles. The van der Waals surface area contributed by atoms with Crippen LogP contribution in [0.3, 0.4) is 0 Å². The monoisotopic (exact) mass is 464 g/mol. The number of rotatable bonds is 8. The molecule has 4 heterocycles. The molecule has 9 nitrogen and oxygen atoms in total. The number of amides is 1. The van der Waals surface area contributed by atoms with Crippen molar-refractivity contribution in [2.24, 2.45) is 5.10 Å². The lowest BCUT2D eigenvalue weighted by Crippen LogP contribution is -2.28. The minimum Gasteiger partial charge on any atom is -0.484 e. The highest BCUT2D eigenvalue weighted by atomic mass is 32.2. The Hall–Kier alpha value is -3.79. The number of nitrogens with zero attached hydrogens (tertiary/aromatic N) is 4. The van der Waals surface area contributed by atoms with Crippen LogP contribution < -0.4 is 4.74 Å². The SMILES string of the molecule is Cc1cccc(OCc2nnc(SCC(=O)N3N=C(c4ccco4)CC3c3ccco3)o2)c1. The van der Waals surface area contributed by atoms with Gasteiger partial charge in [-0.15, -0.1) is 10.2 Å². The molecule has 0 radical (unpaired) electrons. The van der Waals surface area contributed by atoms with E-state index < -0.39 is 0 Å². The Labute approximate surface area is 193 Å². The van der Waals surface area contributed by atoms with Gasteiger partial charge >= 0.3 is 0 Å². The number of ether oxygens (including phenoxy) is 1. The van der Waals surface area contributed by atoms with Crippen molar-refractivity contribution in [3.63, 3.8) is 0 Å². The van der Waals surface area contributed by atoms with E-state index in [1.165, 1.54) is 5.01 Å². The van der Waals surface area contributed by atoms with Crippen LogP contribution in [0.4, 0.5) is 0 Å². The fourth-order valence-electron chi connectivity index (χ4n) is 3.43. The molecule has 1 aliphatic rings. The zero-order valence-electron chi connectivity index (χ0n) is 17.7. The second-order valence-electron chi connectivity index (χ2n) is 7.35. The molecule has 0 fully saturated rings. The third-order valence-corrected chi connectivity index (χ3v) is 5.77. The summed E-state index contributed by atoms with van der Waals surface area (Å²) in [6.45, 7) is 2.14. The van der Waals surface area contributed by atoms with Crippen LogP contribution in [0.15, 0.2) is 84.6 Å². The Balaban J connectivity index is 1.21. The summed E-state index contributed by atoms with van der Waals surface area (Å²) in [6.07, 6.45) is 3.66. The Morgan fingerprint density at radius 3 is 2.82 bits per heavy atom. The highest BCUT2D eigenvalue weighted by Crippen LogP contribution is 2.34. The van der Waals surface area contributed by atoms with Gasteiger partial charge in [-0.05, 0) is 48.9 Å². The molecule has 1 amide bonds. The number of aryl methyl sites for hydroxylation is 1. The van der Waals surface area contributed by atoms with Crippen molar-refractivity contribution in [3.8, 4) is 5.75 Å². The number of hydrogen-bond acceptors (Lipinski definition) is 9. The quantitative estimate of drug-likeness (QED) is 0.348. The molecular weight excluding hydrogens is 444 g/mol. The largest absolute Gasteiger partial charge is 0.484 e. The second kappa shape index (κ2) is 9.37. The number of hydrogen-bond donors (Lipinski definition) is 0. The molecule has 3 aromatic heterocycles. The Morgan fingerprint density at radius 2 is 2.03 bits per heavy atom. The van der Waals surface area contributed by atoms with Crippen LogP contribution in [-0.2, 0) is 11.4 Å². The van der Waals surface area contributed by atoms with E-state index in [-0.39, 0.29) is 29.5 Å². The first-order valence-electron chi connectivity index (χ1n) is 10.3. The lowest BCUT2D eigenvalue weighted by molar-refractivity contribution is -0.130. The fourth-order valence-corrected chi connectivity index (χ4v) is 4.06. The third-order valence-electron chi connectivity index (χ3n) is 4.96. The smallest absolute Gasteiger partial charge is 0.277 e. The molecule has 0 bridgehead atoms. The van der Waals surface area contributed by atoms with Crippen molar-refractivity contribution in [1.29, 1.82) is 0 Å². The van der Waals surface area contributed by atoms with Crippen LogP contribution in [0.1, 0.15) is 35.4 Å². The van der Waals surface area contributed by atoms with Gasteiger partial charge in [0.1, 0.15) is 29.0 Å². The van der Waals surface area contributed by atoms with Gasteiger partial charge in [-0.3, -0.25) is 4.79 Å². The lowest BCUT2D eigenvalue weighted by Gasteiger charge is -2.19. The molecule has 0 spiro atoms. The minimum absolute atomic E-state index is 0.0759. The van der Waals surface area contributed by atoms with E-state index in [1.807, 2.05) is 43.3 Å². The molecule has 5 rings (SSSR count). The number of carbonyl (C=O) groups excluding carboxylic acids is 1. The summed E-state index contributed by atoms with van der Waals surface area (Å²) in [6, 6.07) is 14.6. The first kappa shape index (κ1) is 21.1. The minimum atomic E-state index is -0.339. The number of thioether (sulfide) groups is 1. The summed E-state index contributed by atoms with van der Waals surface area (Å²) in [5.74, 6) is 2.21. The van der Waals surface area contributed by atoms with E-state index in [9.17, 15) is 4.79 Å². The van der Waals surface area contributed by atoms with E-state index in [1.54, 1.807) is 24.7 Å². The molecule has 0 N–H and O–H groups in total. The summed E-state index contributed by atoms with van der Waals surface area (Å²) in [7, 11) is 0. The zero-order valence-corrected chi connectivity index (χ0v) is 18.5. The van der Waals surface area contributed by atoms with E-state index in [2.05, 4.69) is 15.3 Å². The average Bonchev–Trinajstić information content (AvgIpc) is 3.62. The van der Waals surface area contributed by atoms with Gasteiger partial charge in [0.15, 0.2) is 6.61 Å². The maximum atomic E-state index is 13.0. The summed E-state index contributed by atoms with van der Waals surface area (Å²) >= 11 is 1.15. The fraction of sp³-hybridized carbons (Fsp3) is 0.217. The van der Waals surface area contributed by atoms with E-state index in [4.69, 9.17) is 18.0 Å². The van der Waals surface area contributed by atoms with E-state index in [0.29, 0.717) is 29.5 Å². The summed E-state index contributed by atoms with van der Waals surface area (Å²) < 4.78 is 22.3. The number of benzene rings is 1. The van der Waals surface area contributed by atoms with Gasteiger partial charge in [-0.1, -0.05) is 23.9 Å². The molecular formula is C23H20N4O5S. The molecule has 168 valence electrons. The van der Waals surface area contributed by atoms with Gasteiger partial charge in [-0.25, -0.2) is 5.01 Å². The molecule has 4 aromatic rings. The summed E-state index contributed by atoms with van der Waals surface area (Å²) in [4.78, 5) is 13.0. The molecule has 1 atom stereocenters. The van der Waals surface area contributed by atoms with E-state index in [0.717, 1.165) is 23.1 Å². The van der Waals surface area contributed by atoms with Crippen molar-refractivity contribution in [3.05, 3.63) is 84.0 Å². The predicted octanol–water partition coefficient (Wildman–Crippen LogP) is 4.61. The number of furan rings is 2. The lowest BCUT2D eigenvalue weighted by atomic mass is 10.1. The number of carbonyl (C=O) groups is 1. The van der Waals surface area contributed by atoms with Gasteiger partial charge in [0.2, 0.25) is 0 Å². The van der Waals surface area contributed by atoms with E-state index >= 15 is 0 Å². The third kappa shape index (κ3) is 4.85. The van der Waals surface area contributed by atoms with Gasteiger partial charge in [0.05, 0.1) is 18.3 Å². The Bertz CT molecular complexity index is 1250. The van der Waals surface area contributed by atoms with Crippen LogP contribution in [-0.4, -0.2) is 32.6 Å². The highest BCUT2D eigenvalue weighted by Gasteiger charge is 2.35. The first-order valence-corrected chi connectivity index (χ1v) is 11.3. The maximum Gasteiger partial charge on any atom is 0.277 e. The van der Waals surface area contributed by atoms with Crippen LogP contribution in [0.5, 0.6) is 5.75 Å². The number of aromatic nitrogens is 2. The van der Waals surface area contributed by atoms with Gasteiger partial charge in [0.25, 0.3) is 17.0 Å². The van der Waals surface area contributed by atoms with Crippen LogP contribution in [0, 0.1) is 6.92 Å². The van der Waals surface area contributed by atoms with Crippen LogP contribution >= 0.6 is 11.8 Å². The van der Waals surface area contributed by atoms with Gasteiger partial charge in [-0.2, -0.15) is 5.10 Å². The molecule has 10 heteroatoms. The average molecular weight is 465 g/mol. The topological polar surface area (TPSA) is 107 Å². The normalized spacial score (nSPS) is 15.6. The zero-order chi connectivity index (χ0) is 22.6. The predicted molar refractivity (Wildman–Crippen MR) is 119 cm³/mol. The molecule has 33 heavy (non-hydrogen) atoms. The molecule has 0 saturated carbocycles. The highest BCUT2D eigenvalue weighted by molar-refractivity contribution is 7.99. The van der Waals surface area contributed by atoms with Crippen molar-refractivity contribution >= 4 is 23.4 Å². The van der Waals surface area contributed by atoms with Gasteiger partial charge in [0, 0.05) is 6.42 Å². The Kier molecular flexibility index (Phi) is 5.99. The molecule has 1 unspecified atom stereocenters. The molecule has 1 aromatic carbocycles.